The highest BCUT2D eigenvalue weighted by Crippen LogP contribution is 2.12. The van der Waals surface area contributed by atoms with Crippen molar-refractivity contribution >= 4 is 11.4 Å². The number of nitrogen functional groups attached to an aromatic ring is 2. The van der Waals surface area contributed by atoms with E-state index in [0.29, 0.717) is 0 Å². The standard InChI is InChI=1S/C7H10N2.C6H10N2/c1-5-4-6(8)2-3-7(5)9;1-2-4-8-5-3-7-6-8/h2-4H,8-9H2,1H3;3,5-6H,2,4H2,1H3. The maximum atomic E-state index is 5.53. The number of nitrogens with two attached hydrogens (primary N) is 2. The van der Waals surface area contributed by atoms with Crippen molar-refractivity contribution in [1.82, 2.24) is 9.55 Å². The van der Waals surface area contributed by atoms with Crippen molar-refractivity contribution in [3.8, 4) is 0 Å². The molecule has 1 aromatic carbocycles. The topological polar surface area (TPSA) is 69.9 Å². The summed E-state index contributed by atoms with van der Waals surface area (Å²) in [7, 11) is 0. The molecule has 0 aliphatic rings. The predicted molar refractivity (Wildman–Crippen MR) is 72.5 cm³/mol. The molecule has 0 aliphatic carbocycles. The number of benzene rings is 1. The number of aromatic nitrogens is 2. The number of aryl methyl sites for hydroxylation is 2. The summed E-state index contributed by atoms with van der Waals surface area (Å²) in [6, 6.07) is 5.46. The van der Waals surface area contributed by atoms with Crippen LogP contribution in [0, 0.1) is 6.92 Å². The van der Waals surface area contributed by atoms with Crippen molar-refractivity contribution in [2.45, 2.75) is 26.8 Å². The lowest BCUT2D eigenvalue weighted by atomic mass is 10.2. The Morgan fingerprint density at radius 3 is 2.53 bits per heavy atom. The van der Waals surface area contributed by atoms with Crippen LogP contribution in [0.3, 0.4) is 0 Å². The van der Waals surface area contributed by atoms with Crippen molar-refractivity contribution < 1.29 is 0 Å². The fourth-order valence-corrected chi connectivity index (χ4v) is 1.38. The summed E-state index contributed by atoms with van der Waals surface area (Å²) < 4.78 is 2.07. The summed E-state index contributed by atoms with van der Waals surface area (Å²) in [5.41, 5.74) is 13.6. The highest BCUT2D eigenvalue weighted by atomic mass is 15.0. The van der Waals surface area contributed by atoms with Gasteiger partial charge in [0.15, 0.2) is 0 Å². The average molecular weight is 232 g/mol. The van der Waals surface area contributed by atoms with Gasteiger partial charge in [-0.05, 0) is 37.1 Å². The molecule has 0 fully saturated rings. The van der Waals surface area contributed by atoms with E-state index in [1.54, 1.807) is 12.3 Å². The summed E-state index contributed by atoms with van der Waals surface area (Å²) in [6.45, 7) is 5.17. The summed E-state index contributed by atoms with van der Waals surface area (Å²) in [5, 5.41) is 0. The maximum Gasteiger partial charge on any atom is 0.0945 e. The van der Waals surface area contributed by atoms with Crippen LogP contribution >= 0.6 is 0 Å². The average Bonchev–Trinajstić information content (AvgIpc) is 2.78. The quantitative estimate of drug-likeness (QED) is 0.781. The van der Waals surface area contributed by atoms with Crippen LogP contribution in [0.4, 0.5) is 11.4 Å². The molecule has 0 saturated heterocycles. The Kier molecular flexibility index (Phi) is 5.07. The van der Waals surface area contributed by atoms with Crippen molar-refractivity contribution in [1.29, 1.82) is 0 Å². The van der Waals surface area contributed by atoms with Gasteiger partial charge in [-0.25, -0.2) is 4.98 Å². The van der Waals surface area contributed by atoms with Gasteiger partial charge in [-0.1, -0.05) is 6.92 Å². The third-order valence-electron chi connectivity index (χ3n) is 2.33. The van der Waals surface area contributed by atoms with Crippen LogP contribution in [0.2, 0.25) is 0 Å². The van der Waals surface area contributed by atoms with Gasteiger partial charge in [-0.3, -0.25) is 0 Å². The molecule has 1 aromatic heterocycles. The molecule has 0 aliphatic heterocycles. The SMILES string of the molecule is CCCn1ccnc1.Cc1cc(N)ccc1N. The third-order valence-corrected chi connectivity index (χ3v) is 2.33. The van der Waals surface area contributed by atoms with E-state index in [1.165, 1.54) is 6.42 Å². The third kappa shape index (κ3) is 4.59. The van der Waals surface area contributed by atoms with Gasteiger partial charge in [-0.2, -0.15) is 0 Å². The molecule has 0 radical (unpaired) electrons. The second-order valence-electron chi connectivity index (χ2n) is 3.92. The number of anilines is 2. The first-order valence-electron chi connectivity index (χ1n) is 5.70. The zero-order chi connectivity index (χ0) is 12.7. The van der Waals surface area contributed by atoms with Gasteiger partial charge in [0.2, 0.25) is 0 Å². The van der Waals surface area contributed by atoms with E-state index in [-0.39, 0.29) is 0 Å². The smallest absolute Gasteiger partial charge is 0.0945 e. The van der Waals surface area contributed by atoms with E-state index in [2.05, 4.69) is 16.5 Å². The zero-order valence-electron chi connectivity index (χ0n) is 10.4. The van der Waals surface area contributed by atoms with Gasteiger partial charge in [-0.15, -0.1) is 0 Å². The summed E-state index contributed by atoms with van der Waals surface area (Å²) in [6.07, 6.45) is 6.79. The molecular weight excluding hydrogens is 212 g/mol. The highest BCUT2D eigenvalue weighted by molar-refractivity contribution is 5.54. The van der Waals surface area contributed by atoms with Crippen LogP contribution in [-0.4, -0.2) is 9.55 Å². The van der Waals surface area contributed by atoms with Gasteiger partial charge in [0.05, 0.1) is 6.33 Å². The molecule has 0 spiro atoms. The Morgan fingerprint density at radius 2 is 2.06 bits per heavy atom. The zero-order valence-corrected chi connectivity index (χ0v) is 10.4. The second-order valence-corrected chi connectivity index (χ2v) is 3.92. The minimum Gasteiger partial charge on any atom is -0.399 e. The van der Waals surface area contributed by atoms with E-state index in [0.717, 1.165) is 23.5 Å². The molecule has 2 aromatic rings. The van der Waals surface area contributed by atoms with E-state index in [9.17, 15) is 0 Å². The molecule has 0 unspecified atom stereocenters. The Morgan fingerprint density at radius 1 is 1.29 bits per heavy atom. The summed E-state index contributed by atoms with van der Waals surface area (Å²) >= 11 is 0. The van der Waals surface area contributed by atoms with Crippen molar-refractivity contribution in [2.75, 3.05) is 11.5 Å². The number of hydrogen-bond donors (Lipinski definition) is 2. The molecule has 92 valence electrons. The van der Waals surface area contributed by atoms with Gasteiger partial charge in [0, 0.05) is 30.3 Å². The summed E-state index contributed by atoms with van der Waals surface area (Å²) in [5.74, 6) is 0. The largest absolute Gasteiger partial charge is 0.399 e. The van der Waals surface area contributed by atoms with Crippen LogP contribution in [0.1, 0.15) is 18.9 Å². The lowest BCUT2D eigenvalue weighted by Gasteiger charge is -1.98. The molecular formula is C13H20N4. The first kappa shape index (κ1) is 13.1. The van der Waals surface area contributed by atoms with Crippen LogP contribution in [0.5, 0.6) is 0 Å². The molecule has 4 nitrogen and oxygen atoms in total. The molecule has 0 amide bonds. The van der Waals surface area contributed by atoms with E-state index < -0.39 is 0 Å². The van der Waals surface area contributed by atoms with Crippen LogP contribution in [0.25, 0.3) is 0 Å². The summed E-state index contributed by atoms with van der Waals surface area (Å²) in [4.78, 5) is 3.90. The fourth-order valence-electron chi connectivity index (χ4n) is 1.38. The molecule has 4 heteroatoms. The first-order valence-corrected chi connectivity index (χ1v) is 5.70. The molecule has 0 saturated carbocycles. The molecule has 1 heterocycles. The Bertz CT molecular complexity index is 435. The van der Waals surface area contributed by atoms with E-state index >= 15 is 0 Å². The normalized spacial score (nSPS) is 9.53. The fraction of sp³-hybridized carbons (Fsp3) is 0.308. The number of imidazole rings is 1. The molecule has 2 rings (SSSR count). The molecule has 0 atom stereocenters. The number of nitrogens with zero attached hydrogens (tertiary/aromatic N) is 2. The number of rotatable bonds is 2. The maximum absolute atomic E-state index is 5.53. The van der Waals surface area contributed by atoms with Crippen LogP contribution in [-0.2, 0) is 6.54 Å². The Labute approximate surface area is 102 Å². The lowest BCUT2D eigenvalue weighted by Crippen LogP contribution is -1.91. The van der Waals surface area contributed by atoms with E-state index in [4.69, 9.17) is 11.5 Å². The van der Waals surface area contributed by atoms with Gasteiger partial charge in [0.1, 0.15) is 0 Å². The number of hydrogen-bond acceptors (Lipinski definition) is 3. The van der Waals surface area contributed by atoms with Gasteiger partial charge in [0.25, 0.3) is 0 Å². The van der Waals surface area contributed by atoms with Crippen molar-refractivity contribution in [2.24, 2.45) is 0 Å². The van der Waals surface area contributed by atoms with Gasteiger partial charge < -0.3 is 16.0 Å². The van der Waals surface area contributed by atoms with Crippen LogP contribution in [0.15, 0.2) is 36.9 Å². The molecule has 0 bridgehead atoms. The Balaban J connectivity index is 0.000000171. The van der Waals surface area contributed by atoms with Crippen molar-refractivity contribution in [3.63, 3.8) is 0 Å². The van der Waals surface area contributed by atoms with Gasteiger partial charge >= 0.3 is 0 Å². The van der Waals surface area contributed by atoms with Crippen LogP contribution < -0.4 is 11.5 Å². The Hall–Kier alpha value is -1.97. The predicted octanol–water partition coefficient (Wildman–Crippen LogP) is 2.45. The monoisotopic (exact) mass is 232 g/mol. The minimum atomic E-state index is 0.765. The first-order chi connectivity index (χ1) is 8.13. The molecule has 4 N–H and O–H groups in total. The second kappa shape index (κ2) is 6.58. The van der Waals surface area contributed by atoms with Crippen molar-refractivity contribution in [3.05, 3.63) is 42.5 Å². The minimum absolute atomic E-state index is 0.765. The lowest BCUT2D eigenvalue weighted by molar-refractivity contribution is 0.678. The van der Waals surface area contributed by atoms with E-state index in [1.807, 2.05) is 31.6 Å². The highest BCUT2D eigenvalue weighted by Gasteiger charge is 1.90. The molecule has 17 heavy (non-hydrogen) atoms.